The molecule has 1 aliphatic heterocycles. The summed E-state index contributed by atoms with van der Waals surface area (Å²) in [6, 6.07) is -0.609. The topological polar surface area (TPSA) is 49.7 Å². The summed E-state index contributed by atoms with van der Waals surface area (Å²) >= 11 is 0. The smallest absolute Gasteiger partial charge is 0.112 e. The van der Waals surface area contributed by atoms with Crippen molar-refractivity contribution >= 4 is 7.85 Å². The highest BCUT2D eigenvalue weighted by Crippen LogP contribution is 2.16. The van der Waals surface area contributed by atoms with E-state index in [4.69, 9.17) is 22.8 Å². The molecule has 0 bridgehead atoms. The van der Waals surface area contributed by atoms with E-state index >= 15 is 0 Å². The number of hydrogen-bond acceptors (Lipinski definition) is 3. The molecule has 0 spiro atoms. The molecule has 1 saturated heterocycles. The van der Waals surface area contributed by atoms with Gasteiger partial charge in [-0.15, -0.1) is 0 Å². The minimum Gasteiger partial charge on any atom is -0.394 e. The molecule has 0 aliphatic carbocycles. The van der Waals surface area contributed by atoms with Crippen LogP contribution in [0, 0.1) is 0 Å². The van der Waals surface area contributed by atoms with E-state index in [1.54, 1.807) is 0 Å². The number of hydrogen-bond donors (Lipinski definition) is 2. The summed E-state index contributed by atoms with van der Waals surface area (Å²) in [5.74, 6) is 0. The minimum absolute atomic E-state index is 0.0647. The highest BCUT2D eigenvalue weighted by Gasteiger charge is 2.28. The van der Waals surface area contributed by atoms with Gasteiger partial charge in [0.05, 0.1) is 18.8 Å². The molecule has 2 N–H and O–H groups in total. The highest BCUT2D eigenvalue weighted by molar-refractivity contribution is 6.11. The molecule has 3 nitrogen and oxygen atoms in total. The molecular weight excluding hydrogens is 119 g/mol. The van der Waals surface area contributed by atoms with Crippen molar-refractivity contribution in [2.75, 3.05) is 6.61 Å². The predicted molar refractivity (Wildman–Crippen MR) is 32.1 cm³/mol. The number of aliphatic hydroxyl groups is 2. The normalized spacial score (nSPS) is 43.6. The molecule has 50 valence electrons. The Bertz CT molecular complexity index is 88.2. The molecule has 9 heavy (non-hydrogen) atoms. The van der Waals surface area contributed by atoms with Crippen LogP contribution in [0.15, 0.2) is 0 Å². The first-order chi connectivity index (χ1) is 4.24. The number of ether oxygens (including phenoxy) is 1. The van der Waals surface area contributed by atoms with Crippen molar-refractivity contribution in [2.45, 2.75) is 24.6 Å². The molecule has 1 fully saturated rings. The standard InChI is InChI=1S/C5H9BO3/c6-5-4(8)1-3(2-7)9-5/h3-5,7-8H,1-2H2/t3-,4?,5+/m0/s1. The van der Waals surface area contributed by atoms with E-state index in [0.29, 0.717) is 6.42 Å². The Labute approximate surface area is 55.0 Å². The van der Waals surface area contributed by atoms with E-state index in [1.165, 1.54) is 0 Å². The fraction of sp³-hybridized carbons (Fsp3) is 1.00. The number of rotatable bonds is 1. The van der Waals surface area contributed by atoms with Crippen LogP contribution < -0.4 is 0 Å². The molecule has 1 aliphatic rings. The SMILES string of the molecule is [B][C@@H]1O[C@H](CO)CC1O. The van der Waals surface area contributed by atoms with Crippen LogP contribution in [0.5, 0.6) is 0 Å². The maximum atomic E-state index is 8.94. The van der Waals surface area contributed by atoms with E-state index in [9.17, 15) is 0 Å². The summed E-state index contributed by atoms with van der Waals surface area (Å²) in [5, 5.41) is 17.4. The van der Waals surface area contributed by atoms with Gasteiger partial charge in [0.25, 0.3) is 0 Å². The van der Waals surface area contributed by atoms with Crippen LogP contribution in [0.25, 0.3) is 0 Å². The van der Waals surface area contributed by atoms with Gasteiger partial charge in [-0.3, -0.25) is 0 Å². The van der Waals surface area contributed by atoms with E-state index in [0.717, 1.165) is 0 Å². The van der Waals surface area contributed by atoms with Gasteiger partial charge in [0.1, 0.15) is 7.85 Å². The molecule has 0 aromatic rings. The van der Waals surface area contributed by atoms with Crippen LogP contribution in [0.2, 0.25) is 0 Å². The number of aliphatic hydroxyl groups excluding tert-OH is 2. The summed E-state index contributed by atoms with van der Waals surface area (Å²) in [7, 11) is 5.26. The lowest BCUT2D eigenvalue weighted by Gasteiger charge is -2.06. The summed E-state index contributed by atoms with van der Waals surface area (Å²) in [6.45, 7) is -0.0647. The third kappa shape index (κ3) is 1.44. The molecule has 2 radical (unpaired) electrons. The lowest BCUT2D eigenvalue weighted by molar-refractivity contribution is 0.0307. The van der Waals surface area contributed by atoms with Gasteiger partial charge >= 0.3 is 0 Å². The monoisotopic (exact) mass is 128 g/mol. The Balaban J connectivity index is 2.35. The van der Waals surface area contributed by atoms with E-state index in [-0.39, 0.29) is 12.7 Å². The van der Waals surface area contributed by atoms with Crippen molar-refractivity contribution in [3.05, 3.63) is 0 Å². The van der Waals surface area contributed by atoms with Crippen LogP contribution in [0.4, 0.5) is 0 Å². The molecule has 1 rings (SSSR count). The zero-order valence-corrected chi connectivity index (χ0v) is 5.03. The van der Waals surface area contributed by atoms with Crippen LogP contribution in [0.1, 0.15) is 6.42 Å². The van der Waals surface area contributed by atoms with Gasteiger partial charge in [0.2, 0.25) is 0 Å². The molecule has 4 heteroatoms. The van der Waals surface area contributed by atoms with Crippen molar-refractivity contribution in [1.29, 1.82) is 0 Å². The molecule has 0 aromatic heterocycles. The average molecular weight is 128 g/mol. The lowest BCUT2D eigenvalue weighted by Crippen LogP contribution is -2.20. The first-order valence-electron chi connectivity index (χ1n) is 2.94. The minimum atomic E-state index is -0.609. The first kappa shape index (κ1) is 7.06. The predicted octanol–water partition coefficient (Wildman–Crippen LogP) is -1.38. The fourth-order valence-electron chi connectivity index (χ4n) is 0.890. The first-order valence-corrected chi connectivity index (χ1v) is 2.94. The second-order valence-corrected chi connectivity index (χ2v) is 2.21. The Morgan fingerprint density at radius 1 is 1.67 bits per heavy atom. The second kappa shape index (κ2) is 2.69. The summed E-state index contributed by atoms with van der Waals surface area (Å²) in [4.78, 5) is 0. The molecular formula is C5H9BO3. The Morgan fingerprint density at radius 3 is 2.56 bits per heavy atom. The van der Waals surface area contributed by atoms with Crippen LogP contribution in [0.3, 0.4) is 0 Å². The van der Waals surface area contributed by atoms with Crippen molar-refractivity contribution in [3.63, 3.8) is 0 Å². The van der Waals surface area contributed by atoms with Crippen molar-refractivity contribution < 1.29 is 14.9 Å². The molecule has 0 saturated carbocycles. The van der Waals surface area contributed by atoms with Crippen molar-refractivity contribution in [2.24, 2.45) is 0 Å². The van der Waals surface area contributed by atoms with E-state index in [2.05, 4.69) is 0 Å². The quantitative estimate of drug-likeness (QED) is 0.428. The molecule has 0 amide bonds. The molecule has 1 unspecified atom stereocenters. The maximum absolute atomic E-state index is 8.94. The molecule has 1 heterocycles. The van der Waals surface area contributed by atoms with Gasteiger partial charge in [-0.25, -0.2) is 0 Å². The molecule has 0 aromatic carbocycles. The highest BCUT2D eigenvalue weighted by atomic mass is 16.5. The summed E-state index contributed by atoms with van der Waals surface area (Å²) < 4.78 is 4.90. The van der Waals surface area contributed by atoms with Gasteiger partial charge in [-0.2, -0.15) is 0 Å². The van der Waals surface area contributed by atoms with E-state index < -0.39 is 12.1 Å². The van der Waals surface area contributed by atoms with Gasteiger partial charge in [0, 0.05) is 12.4 Å². The maximum Gasteiger partial charge on any atom is 0.112 e. The van der Waals surface area contributed by atoms with Crippen LogP contribution in [-0.4, -0.2) is 42.9 Å². The fourth-order valence-corrected chi connectivity index (χ4v) is 0.890. The van der Waals surface area contributed by atoms with E-state index in [1.807, 2.05) is 0 Å². The largest absolute Gasteiger partial charge is 0.394 e. The third-order valence-electron chi connectivity index (χ3n) is 1.44. The van der Waals surface area contributed by atoms with Crippen LogP contribution in [-0.2, 0) is 4.74 Å². The van der Waals surface area contributed by atoms with Gasteiger partial charge in [-0.1, -0.05) is 0 Å². The van der Waals surface area contributed by atoms with Gasteiger partial charge in [0.15, 0.2) is 0 Å². The summed E-state index contributed by atoms with van der Waals surface area (Å²) in [5.41, 5.74) is 0. The summed E-state index contributed by atoms with van der Waals surface area (Å²) in [6.07, 6.45) is -0.436. The average Bonchev–Trinajstić information content (AvgIpc) is 2.13. The second-order valence-electron chi connectivity index (χ2n) is 2.21. The van der Waals surface area contributed by atoms with Gasteiger partial charge in [-0.05, 0) is 0 Å². The third-order valence-corrected chi connectivity index (χ3v) is 1.44. The molecule has 3 atom stereocenters. The van der Waals surface area contributed by atoms with Crippen LogP contribution >= 0.6 is 0 Å². The lowest BCUT2D eigenvalue weighted by atomic mass is 9.95. The van der Waals surface area contributed by atoms with Crippen molar-refractivity contribution in [1.82, 2.24) is 0 Å². The van der Waals surface area contributed by atoms with Crippen molar-refractivity contribution in [3.8, 4) is 0 Å². The Kier molecular flexibility index (Phi) is 2.11. The Morgan fingerprint density at radius 2 is 2.33 bits per heavy atom. The zero-order valence-electron chi connectivity index (χ0n) is 5.03. The Hall–Kier alpha value is -0.0551. The van der Waals surface area contributed by atoms with Gasteiger partial charge < -0.3 is 14.9 Å². The zero-order chi connectivity index (χ0) is 6.85.